The maximum Gasteiger partial charge on any atom is 0.426 e. The fourth-order valence-corrected chi connectivity index (χ4v) is 7.06. The number of alkyl halides is 6. The molecule has 0 heterocycles. The zero-order chi connectivity index (χ0) is 21.5. The van der Waals surface area contributed by atoms with Gasteiger partial charge in [-0.05, 0) is 80.5 Å². The first-order valence-corrected chi connectivity index (χ1v) is 9.97. The molecule has 3 nitrogen and oxygen atoms in total. The average molecular weight is 426 g/mol. The van der Waals surface area contributed by atoms with Crippen molar-refractivity contribution in [2.24, 2.45) is 41.4 Å². The molecule has 1 N–H and O–H groups in total. The second-order valence-electron chi connectivity index (χ2n) is 9.49. The van der Waals surface area contributed by atoms with Crippen LogP contribution in [0, 0.1) is 41.4 Å². The van der Waals surface area contributed by atoms with Crippen LogP contribution < -0.4 is 0 Å². The Morgan fingerprint density at radius 1 is 0.966 bits per heavy atom. The highest BCUT2D eigenvalue weighted by Gasteiger charge is 2.73. The normalized spacial score (nSPS) is 41.0. The van der Waals surface area contributed by atoms with E-state index in [0.717, 1.165) is 6.42 Å². The van der Waals surface area contributed by atoms with Crippen LogP contribution in [0.3, 0.4) is 0 Å². The number of hydrogen-bond donors (Lipinski definition) is 1. The number of halogens is 6. The Balaban J connectivity index is 1.49. The van der Waals surface area contributed by atoms with Gasteiger partial charge in [0.15, 0.2) is 0 Å². The van der Waals surface area contributed by atoms with Crippen LogP contribution in [0.5, 0.6) is 0 Å². The summed E-state index contributed by atoms with van der Waals surface area (Å²) >= 11 is 0. The van der Waals surface area contributed by atoms with Gasteiger partial charge >= 0.3 is 18.3 Å². The minimum atomic E-state index is -5.76. The third kappa shape index (κ3) is 3.01. The Morgan fingerprint density at radius 2 is 1.48 bits per heavy atom. The van der Waals surface area contributed by atoms with Crippen LogP contribution in [0.1, 0.15) is 39.0 Å². The van der Waals surface area contributed by atoms with Crippen molar-refractivity contribution in [3.63, 3.8) is 0 Å². The second-order valence-corrected chi connectivity index (χ2v) is 9.49. The van der Waals surface area contributed by atoms with Crippen molar-refractivity contribution < 1.29 is 41.0 Å². The molecular formula is C20H24F6O3. The number of fused-ring (bicyclic) bond motifs is 9. The van der Waals surface area contributed by atoms with Gasteiger partial charge in [-0.3, -0.25) is 0 Å². The Morgan fingerprint density at radius 3 is 2.03 bits per heavy atom. The van der Waals surface area contributed by atoms with E-state index in [1.165, 1.54) is 0 Å². The molecule has 29 heavy (non-hydrogen) atoms. The van der Waals surface area contributed by atoms with Gasteiger partial charge in [-0.1, -0.05) is 6.58 Å². The van der Waals surface area contributed by atoms with Crippen LogP contribution >= 0.6 is 0 Å². The van der Waals surface area contributed by atoms with Gasteiger partial charge in [0, 0.05) is 5.57 Å². The lowest BCUT2D eigenvalue weighted by Gasteiger charge is -2.43. The maximum absolute atomic E-state index is 13.1. The van der Waals surface area contributed by atoms with Crippen LogP contribution in [-0.2, 0) is 9.53 Å². The van der Waals surface area contributed by atoms with Crippen molar-refractivity contribution >= 4 is 5.97 Å². The van der Waals surface area contributed by atoms with Crippen LogP contribution in [0.25, 0.3) is 0 Å². The van der Waals surface area contributed by atoms with Crippen LogP contribution in [-0.4, -0.2) is 35.1 Å². The van der Waals surface area contributed by atoms with Crippen molar-refractivity contribution in [1.29, 1.82) is 0 Å². The van der Waals surface area contributed by atoms with Gasteiger partial charge in [-0.2, -0.15) is 26.3 Å². The van der Waals surface area contributed by atoms with Gasteiger partial charge < -0.3 is 9.84 Å². The summed E-state index contributed by atoms with van der Waals surface area (Å²) in [4.78, 5) is 11.9. The molecular weight excluding hydrogens is 402 g/mol. The molecule has 0 aliphatic heterocycles. The molecule has 0 aromatic heterocycles. The summed E-state index contributed by atoms with van der Waals surface area (Å²) in [5.41, 5.74) is -4.36. The number of rotatable bonds is 4. The first-order chi connectivity index (χ1) is 13.2. The summed E-state index contributed by atoms with van der Waals surface area (Å²) in [5.74, 6) is -0.956. The van der Waals surface area contributed by atoms with E-state index in [1.807, 2.05) is 0 Å². The molecule has 8 unspecified atom stereocenters. The first-order valence-electron chi connectivity index (χ1n) is 9.97. The van der Waals surface area contributed by atoms with Crippen LogP contribution in [0.2, 0.25) is 0 Å². The fraction of sp³-hybridized carbons (Fsp3) is 0.850. The molecule has 164 valence electrons. The Hall–Kier alpha value is -1.25. The standard InChI is InChI=1S/C20H24F6O3/c1-8(2)17(27)29-14-6-10-5-13(14)16-9-3-11(12(4-9)15(10)16)7-18(28,19(21,22)23)20(24,25)26/h9-16,28H,1,3-7H2,2H3. The molecule has 4 aliphatic rings. The Bertz CT molecular complexity index is 700. The zero-order valence-corrected chi connectivity index (χ0v) is 15.9. The van der Waals surface area contributed by atoms with E-state index in [4.69, 9.17) is 4.74 Å². The Labute approximate surface area is 164 Å². The topological polar surface area (TPSA) is 46.5 Å². The van der Waals surface area contributed by atoms with Crippen molar-refractivity contribution in [3.8, 4) is 0 Å². The molecule has 0 saturated heterocycles. The van der Waals surface area contributed by atoms with Crippen molar-refractivity contribution in [3.05, 3.63) is 12.2 Å². The monoisotopic (exact) mass is 426 g/mol. The number of aliphatic hydroxyl groups is 1. The van der Waals surface area contributed by atoms with Gasteiger partial charge in [-0.15, -0.1) is 0 Å². The molecule has 0 amide bonds. The number of hydrogen-bond acceptors (Lipinski definition) is 3. The zero-order valence-electron chi connectivity index (χ0n) is 15.9. The van der Waals surface area contributed by atoms with Crippen molar-refractivity contribution in [2.75, 3.05) is 0 Å². The van der Waals surface area contributed by atoms with Crippen LogP contribution in [0.4, 0.5) is 26.3 Å². The van der Waals surface area contributed by atoms with Gasteiger partial charge in [0.2, 0.25) is 0 Å². The largest absolute Gasteiger partial charge is 0.459 e. The molecule has 4 rings (SSSR count). The summed E-state index contributed by atoms with van der Waals surface area (Å²) in [6, 6.07) is 0. The highest BCUT2D eigenvalue weighted by Crippen LogP contribution is 2.70. The third-order valence-electron chi connectivity index (χ3n) is 8.00. The average Bonchev–Trinajstić information content (AvgIpc) is 3.29. The van der Waals surface area contributed by atoms with E-state index in [1.54, 1.807) is 6.92 Å². The minimum absolute atomic E-state index is 0.0297. The van der Waals surface area contributed by atoms with Gasteiger partial charge in [-0.25, -0.2) is 4.79 Å². The summed E-state index contributed by atoms with van der Waals surface area (Å²) in [5, 5.41) is 9.62. The summed E-state index contributed by atoms with van der Waals surface area (Å²) in [6.07, 6.45) is -10.8. The molecule has 8 atom stereocenters. The van der Waals surface area contributed by atoms with E-state index < -0.39 is 36.3 Å². The number of carbonyl (C=O) groups excluding carboxylic acids is 1. The molecule has 4 saturated carbocycles. The molecule has 0 spiro atoms. The SMILES string of the molecule is C=C(C)C(=O)OC1CC2CC1C1C3CC(CC(O)(C(F)(F)F)C(F)(F)F)C(C3)C21. The fourth-order valence-electron chi connectivity index (χ4n) is 7.06. The summed E-state index contributed by atoms with van der Waals surface area (Å²) in [6.45, 7) is 5.12. The minimum Gasteiger partial charge on any atom is -0.459 e. The number of ether oxygens (including phenoxy) is 1. The predicted molar refractivity (Wildman–Crippen MR) is 89.3 cm³/mol. The molecule has 4 aliphatic carbocycles. The van der Waals surface area contributed by atoms with E-state index in [2.05, 4.69) is 6.58 Å². The molecule has 4 bridgehead atoms. The third-order valence-corrected chi connectivity index (χ3v) is 8.00. The molecule has 0 radical (unpaired) electrons. The second kappa shape index (κ2) is 6.37. The molecule has 0 aromatic carbocycles. The maximum atomic E-state index is 13.1. The van der Waals surface area contributed by atoms with Gasteiger partial charge in [0.05, 0.1) is 0 Å². The molecule has 4 fully saturated rings. The Kier molecular flexibility index (Phi) is 4.62. The lowest BCUT2D eigenvalue weighted by molar-refractivity contribution is -0.373. The van der Waals surface area contributed by atoms with Crippen molar-refractivity contribution in [1.82, 2.24) is 0 Å². The number of esters is 1. The van der Waals surface area contributed by atoms with Crippen LogP contribution in [0.15, 0.2) is 12.2 Å². The first kappa shape index (κ1) is 21.0. The van der Waals surface area contributed by atoms with Gasteiger partial charge in [0.25, 0.3) is 5.60 Å². The smallest absolute Gasteiger partial charge is 0.426 e. The highest BCUT2D eigenvalue weighted by molar-refractivity contribution is 5.87. The molecule has 9 heteroatoms. The molecule has 0 aromatic rings. The van der Waals surface area contributed by atoms with E-state index in [0.29, 0.717) is 18.4 Å². The predicted octanol–water partition coefficient (Wildman–Crippen LogP) is 4.65. The van der Waals surface area contributed by atoms with E-state index in [9.17, 15) is 36.2 Å². The summed E-state index contributed by atoms with van der Waals surface area (Å²) in [7, 11) is 0. The lowest BCUT2D eigenvalue weighted by Crippen LogP contribution is -2.58. The van der Waals surface area contributed by atoms with E-state index >= 15 is 0 Å². The quantitative estimate of drug-likeness (QED) is 0.308. The highest BCUT2D eigenvalue weighted by atomic mass is 19.4. The van der Waals surface area contributed by atoms with Crippen molar-refractivity contribution in [2.45, 2.75) is 63.1 Å². The van der Waals surface area contributed by atoms with Gasteiger partial charge in [0.1, 0.15) is 6.10 Å². The summed E-state index contributed by atoms with van der Waals surface area (Å²) < 4.78 is 84.3. The van der Waals surface area contributed by atoms with E-state index in [-0.39, 0.29) is 48.0 Å². The lowest BCUT2D eigenvalue weighted by atomic mass is 9.65. The number of carbonyl (C=O) groups is 1.